The van der Waals surface area contributed by atoms with Crippen LogP contribution in [-0.2, 0) is 0 Å². The number of allylic oxidation sites excluding steroid dienone is 1. The van der Waals surface area contributed by atoms with Crippen LogP contribution in [0.1, 0.15) is 26.7 Å². The molecule has 0 aromatic carbocycles. The normalized spacial score (nSPS) is 12.8. The Morgan fingerprint density at radius 2 is 2.00 bits per heavy atom. The summed E-state index contributed by atoms with van der Waals surface area (Å²) in [6.07, 6.45) is 2.49. The summed E-state index contributed by atoms with van der Waals surface area (Å²) in [7, 11) is 4.10. The molecule has 1 unspecified atom stereocenters. The van der Waals surface area contributed by atoms with E-state index in [9.17, 15) is 0 Å². The van der Waals surface area contributed by atoms with Crippen molar-refractivity contribution in [3.05, 3.63) is 12.3 Å². The van der Waals surface area contributed by atoms with Gasteiger partial charge in [-0.1, -0.05) is 26.8 Å². The molecule has 1 atom stereocenters. The van der Waals surface area contributed by atoms with E-state index in [4.69, 9.17) is 0 Å². The SMILES string of the molecule is C=C(C(C)CCC)N(C)C. The number of hydrogen-bond donors (Lipinski definition) is 0. The summed E-state index contributed by atoms with van der Waals surface area (Å²) >= 11 is 0. The molecule has 0 radical (unpaired) electrons. The lowest BCUT2D eigenvalue weighted by Gasteiger charge is -2.21. The maximum atomic E-state index is 4.00. The molecule has 0 N–H and O–H groups in total. The van der Waals surface area contributed by atoms with E-state index in [1.165, 1.54) is 18.5 Å². The van der Waals surface area contributed by atoms with Gasteiger partial charge < -0.3 is 4.90 Å². The minimum atomic E-state index is 0.639. The van der Waals surface area contributed by atoms with Crippen LogP contribution in [0.2, 0.25) is 0 Å². The van der Waals surface area contributed by atoms with E-state index in [0.717, 1.165) is 0 Å². The summed E-state index contributed by atoms with van der Waals surface area (Å²) in [5.74, 6) is 0.639. The molecule has 0 amide bonds. The Balaban J connectivity index is 3.71. The van der Waals surface area contributed by atoms with Crippen LogP contribution >= 0.6 is 0 Å². The molecule has 0 bridgehead atoms. The molecule has 0 spiro atoms. The van der Waals surface area contributed by atoms with Crippen molar-refractivity contribution < 1.29 is 0 Å². The van der Waals surface area contributed by atoms with E-state index in [-0.39, 0.29) is 0 Å². The van der Waals surface area contributed by atoms with Gasteiger partial charge in [0, 0.05) is 19.8 Å². The van der Waals surface area contributed by atoms with E-state index in [1.807, 2.05) is 0 Å². The van der Waals surface area contributed by atoms with Gasteiger partial charge in [-0.05, 0) is 12.3 Å². The smallest absolute Gasteiger partial charge is 0.00832 e. The molecule has 0 saturated heterocycles. The van der Waals surface area contributed by atoms with Gasteiger partial charge in [-0.3, -0.25) is 0 Å². The van der Waals surface area contributed by atoms with Gasteiger partial charge in [-0.15, -0.1) is 0 Å². The molecule has 0 heterocycles. The van der Waals surface area contributed by atoms with Gasteiger partial charge >= 0.3 is 0 Å². The predicted molar refractivity (Wildman–Crippen MR) is 46.9 cm³/mol. The van der Waals surface area contributed by atoms with Crippen molar-refractivity contribution in [2.24, 2.45) is 5.92 Å². The molecule has 0 aromatic rings. The molecule has 60 valence electrons. The number of nitrogens with zero attached hydrogens (tertiary/aromatic N) is 1. The minimum Gasteiger partial charge on any atom is -0.381 e. The van der Waals surface area contributed by atoms with Crippen LogP contribution in [0.15, 0.2) is 12.3 Å². The third kappa shape index (κ3) is 2.90. The highest BCUT2D eigenvalue weighted by Gasteiger charge is 2.05. The Morgan fingerprint density at radius 1 is 1.50 bits per heavy atom. The van der Waals surface area contributed by atoms with E-state index in [2.05, 4.69) is 39.4 Å². The topological polar surface area (TPSA) is 3.24 Å². The number of hydrogen-bond acceptors (Lipinski definition) is 1. The second kappa shape index (κ2) is 4.37. The quantitative estimate of drug-likeness (QED) is 0.581. The molecular formula is C9H19N. The first-order chi connectivity index (χ1) is 4.59. The summed E-state index contributed by atoms with van der Waals surface area (Å²) in [6, 6.07) is 0. The van der Waals surface area contributed by atoms with Crippen molar-refractivity contribution in [2.45, 2.75) is 26.7 Å². The third-order valence-corrected chi connectivity index (χ3v) is 1.86. The van der Waals surface area contributed by atoms with E-state index >= 15 is 0 Å². The summed E-state index contributed by atoms with van der Waals surface area (Å²) < 4.78 is 0. The molecule has 10 heavy (non-hydrogen) atoms. The molecule has 1 heteroatoms. The molecule has 0 aliphatic heterocycles. The number of rotatable bonds is 4. The van der Waals surface area contributed by atoms with Gasteiger partial charge in [0.1, 0.15) is 0 Å². The van der Waals surface area contributed by atoms with Crippen LogP contribution in [0.25, 0.3) is 0 Å². The first kappa shape index (κ1) is 9.54. The summed E-state index contributed by atoms with van der Waals surface area (Å²) in [5.41, 5.74) is 1.24. The second-order valence-electron chi connectivity index (χ2n) is 3.08. The zero-order valence-corrected chi connectivity index (χ0v) is 7.65. The van der Waals surface area contributed by atoms with Crippen molar-refractivity contribution in [1.82, 2.24) is 4.90 Å². The van der Waals surface area contributed by atoms with Gasteiger partial charge in [-0.25, -0.2) is 0 Å². The highest BCUT2D eigenvalue weighted by Crippen LogP contribution is 2.15. The zero-order chi connectivity index (χ0) is 8.15. The van der Waals surface area contributed by atoms with Crippen LogP contribution in [0.4, 0.5) is 0 Å². The summed E-state index contributed by atoms with van der Waals surface area (Å²) in [5, 5.41) is 0. The maximum absolute atomic E-state index is 4.00. The summed E-state index contributed by atoms with van der Waals surface area (Å²) in [4.78, 5) is 2.10. The van der Waals surface area contributed by atoms with Crippen molar-refractivity contribution in [1.29, 1.82) is 0 Å². The van der Waals surface area contributed by atoms with Crippen LogP contribution < -0.4 is 0 Å². The summed E-state index contributed by atoms with van der Waals surface area (Å²) in [6.45, 7) is 8.43. The van der Waals surface area contributed by atoms with Gasteiger partial charge in [0.15, 0.2) is 0 Å². The Morgan fingerprint density at radius 3 is 2.30 bits per heavy atom. The lowest BCUT2D eigenvalue weighted by Crippen LogP contribution is -2.16. The fourth-order valence-corrected chi connectivity index (χ4v) is 1.04. The van der Waals surface area contributed by atoms with E-state index in [0.29, 0.717) is 5.92 Å². The molecule has 0 aromatic heterocycles. The average molecular weight is 141 g/mol. The molecule has 0 rings (SSSR count). The van der Waals surface area contributed by atoms with Gasteiger partial charge in [-0.2, -0.15) is 0 Å². The van der Waals surface area contributed by atoms with Crippen molar-refractivity contribution in [2.75, 3.05) is 14.1 Å². The fraction of sp³-hybridized carbons (Fsp3) is 0.778. The fourth-order valence-electron chi connectivity index (χ4n) is 1.04. The largest absolute Gasteiger partial charge is 0.381 e. The monoisotopic (exact) mass is 141 g/mol. The average Bonchev–Trinajstić information content (AvgIpc) is 1.87. The zero-order valence-electron chi connectivity index (χ0n) is 7.65. The molecule has 1 nitrogen and oxygen atoms in total. The van der Waals surface area contributed by atoms with Gasteiger partial charge in [0.2, 0.25) is 0 Å². The molecular weight excluding hydrogens is 122 g/mol. The standard InChI is InChI=1S/C9H19N/c1-6-7-8(2)9(3)10(4)5/h8H,3,6-7H2,1-2,4-5H3. The Hall–Kier alpha value is -0.460. The lowest BCUT2D eigenvalue weighted by atomic mass is 10.0. The highest BCUT2D eigenvalue weighted by atomic mass is 15.1. The van der Waals surface area contributed by atoms with E-state index < -0.39 is 0 Å². The van der Waals surface area contributed by atoms with Crippen molar-refractivity contribution >= 4 is 0 Å². The Bertz CT molecular complexity index is 105. The van der Waals surface area contributed by atoms with Gasteiger partial charge in [0.25, 0.3) is 0 Å². The first-order valence-electron chi connectivity index (χ1n) is 3.95. The highest BCUT2D eigenvalue weighted by molar-refractivity contribution is 4.95. The third-order valence-electron chi connectivity index (χ3n) is 1.86. The van der Waals surface area contributed by atoms with E-state index in [1.54, 1.807) is 0 Å². The van der Waals surface area contributed by atoms with Crippen LogP contribution in [-0.4, -0.2) is 19.0 Å². The van der Waals surface area contributed by atoms with Crippen molar-refractivity contribution in [3.63, 3.8) is 0 Å². The minimum absolute atomic E-state index is 0.639. The maximum Gasteiger partial charge on any atom is 0.00832 e. The van der Waals surface area contributed by atoms with Crippen LogP contribution in [0.5, 0.6) is 0 Å². The van der Waals surface area contributed by atoms with Gasteiger partial charge in [0.05, 0.1) is 0 Å². The van der Waals surface area contributed by atoms with Crippen molar-refractivity contribution in [3.8, 4) is 0 Å². The first-order valence-corrected chi connectivity index (χ1v) is 3.95. The molecule has 0 fully saturated rings. The van der Waals surface area contributed by atoms with Crippen LogP contribution in [0.3, 0.4) is 0 Å². The molecule has 0 aliphatic rings. The second-order valence-corrected chi connectivity index (χ2v) is 3.08. The molecule has 0 saturated carbocycles. The Kier molecular flexibility index (Phi) is 4.17. The molecule has 0 aliphatic carbocycles. The Labute approximate surface area is 64.7 Å². The predicted octanol–water partition coefficient (Wildman–Crippen LogP) is 2.50. The van der Waals surface area contributed by atoms with Crippen LogP contribution in [0, 0.1) is 5.92 Å². The lowest BCUT2D eigenvalue weighted by molar-refractivity contribution is 0.417.